The molecular formula is C50H50N6O12. The van der Waals surface area contributed by atoms with Crippen molar-refractivity contribution in [1.29, 1.82) is 0 Å². The smallest absolute Gasteiger partial charge is 0.255 e. The van der Waals surface area contributed by atoms with Crippen molar-refractivity contribution >= 4 is 47.3 Å². The molecule has 18 nitrogen and oxygen atoms in total. The minimum Gasteiger partial charge on any atom is -0.489 e. The SMILES string of the molecule is [2H][C@@]1(N2Cc3c(OCc4ccc(CN5CCOCC5=O)cc4)cccc3C2=O)CCC(=O)NC1=O.[2H][C@]1(N2Cc3c(OCc4ccc(CN5CCOCC5=O)cc4)cccc3C2=O)CCC(=O)NC1=O. The summed E-state index contributed by atoms with van der Waals surface area (Å²) in [6.45, 7) is 4.20. The second kappa shape index (κ2) is 20.2. The summed E-state index contributed by atoms with van der Waals surface area (Å²) in [6.07, 6.45) is -0.0746. The number of amides is 8. The van der Waals surface area contributed by atoms with Crippen LogP contribution in [0.4, 0.5) is 0 Å². The molecule has 0 aromatic heterocycles. The lowest BCUT2D eigenvalue weighted by Crippen LogP contribution is -2.52. The van der Waals surface area contributed by atoms with Gasteiger partial charge in [-0.15, -0.1) is 0 Å². The maximum Gasteiger partial charge on any atom is 0.255 e. The van der Waals surface area contributed by atoms with Crippen LogP contribution in [0.25, 0.3) is 0 Å². The Balaban J connectivity index is 0.000000174. The molecule has 4 aromatic carbocycles. The highest BCUT2D eigenvalue weighted by Gasteiger charge is 2.41. The lowest BCUT2D eigenvalue weighted by Gasteiger charge is -2.29. The first kappa shape index (κ1) is 43.1. The third-order valence-corrected chi connectivity index (χ3v) is 12.5. The lowest BCUT2D eigenvalue weighted by atomic mass is 10.0. The molecule has 6 aliphatic rings. The van der Waals surface area contributed by atoms with E-state index in [-0.39, 0.29) is 77.0 Å². The fourth-order valence-corrected chi connectivity index (χ4v) is 8.72. The molecule has 10 rings (SSSR count). The van der Waals surface area contributed by atoms with Crippen molar-refractivity contribution in [2.75, 3.05) is 39.5 Å². The summed E-state index contributed by atoms with van der Waals surface area (Å²) in [5.41, 5.74) is 5.89. The topological polar surface area (TPSA) is 210 Å². The van der Waals surface area contributed by atoms with E-state index in [1.165, 1.54) is 9.80 Å². The van der Waals surface area contributed by atoms with Crippen molar-refractivity contribution in [3.63, 3.8) is 0 Å². The van der Waals surface area contributed by atoms with Gasteiger partial charge in [0.2, 0.25) is 35.4 Å². The standard InChI is InChI=1S/2C25H25N3O6/c2*29-22-9-8-20(24(31)26-22)28-13-19-18(25(28)32)2-1-3-21(19)34-14-17-6-4-16(5-7-17)12-27-10-11-33-15-23(27)30/h2*1-7,20H,8-15H2,(H,26,29,31)/t2*20-/m10/s1/i2*20D. The Bertz CT molecular complexity index is 2590. The van der Waals surface area contributed by atoms with Gasteiger partial charge in [-0.3, -0.25) is 49.0 Å². The normalized spacial score (nSPS) is 23.0. The molecule has 2 atom stereocenters. The Morgan fingerprint density at radius 1 is 0.544 bits per heavy atom. The molecule has 4 aromatic rings. The summed E-state index contributed by atoms with van der Waals surface area (Å²) in [5.74, 6) is -2.29. The van der Waals surface area contributed by atoms with Crippen LogP contribution in [-0.4, -0.2) is 118 Å². The predicted octanol–water partition coefficient (Wildman–Crippen LogP) is 2.77. The van der Waals surface area contributed by atoms with Crippen molar-refractivity contribution in [2.24, 2.45) is 0 Å². The van der Waals surface area contributed by atoms with Gasteiger partial charge < -0.3 is 38.5 Å². The van der Waals surface area contributed by atoms with Gasteiger partial charge >= 0.3 is 0 Å². The first-order chi connectivity index (χ1) is 33.7. The van der Waals surface area contributed by atoms with E-state index in [0.717, 1.165) is 22.3 Å². The Hall–Kier alpha value is -7.44. The lowest BCUT2D eigenvalue weighted by molar-refractivity contribution is -0.144. The molecule has 8 amide bonds. The second-order valence-electron chi connectivity index (χ2n) is 16.9. The fraction of sp³-hybridized carbons (Fsp3) is 0.360. The molecule has 0 bridgehead atoms. The van der Waals surface area contributed by atoms with E-state index in [2.05, 4.69) is 10.6 Å². The minimum atomic E-state index is -1.83. The van der Waals surface area contributed by atoms with Crippen molar-refractivity contribution in [3.8, 4) is 11.5 Å². The van der Waals surface area contributed by atoms with Crippen LogP contribution in [0.2, 0.25) is 0 Å². The molecule has 68 heavy (non-hydrogen) atoms. The molecule has 2 N–H and O–H groups in total. The largest absolute Gasteiger partial charge is 0.489 e. The highest BCUT2D eigenvalue weighted by atomic mass is 16.5. The van der Waals surface area contributed by atoms with Gasteiger partial charge in [0.1, 0.15) is 50.0 Å². The number of hydrogen-bond donors (Lipinski definition) is 2. The van der Waals surface area contributed by atoms with Gasteiger partial charge in [0, 0.05) is 61.3 Å². The number of benzene rings is 4. The Labute approximate surface area is 394 Å². The zero-order valence-electron chi connectivity index (χ0n) is 39.1. The van der Waals surface area contributed by atoms with Crippen molar-refractivity contribution in [2.45, 2.75) is 77.1 Å². The zero-order chi connectivity index (χ0) is 49.2. The summed E-state index contributed by atoms with van der Waals surface area (Å²) in [4.78, 5) is 104. The van der Waals surface area contributed by atoms with Crippen LogP contribution in [0.3, 0.4) is 0 Å². The minimum absolute atomic E-state index is 0.00835. The van der Waals surface area contributed by atoms with Crippen LogP contribution in [0.1, 0.15) is 82.5 Å². The third-order valence-electron chi connectivity index (χ3n) is 12.5. The molecule has 0 saturated carbocycles. The van der Waals surface area contributed by atoms with Gasteiger partial charge in [0.15, 0.2) is 0 Å². The molecule has 18 heteroatoms. The van der Waals surface area contributed by atoms with Crippen molar-refractivity contribution in [1.82, 2.24) is 30.2 Å². The van der Waals surface area contributed by atoms with E-state index in [0.29, 0.717) is 73.1 Å². The summed E-state index contributed by atoms with van der Waals surface area (Å²) < 4.78 is 39.6. The number of nitrogens with zero attached hydrogens (tertiary/aromatic N) is 4. The fourth-order valence-electron chi connectivity index (χ4n) is 8.72. The van der Waals surface area contributed by atoms with Gasteiger partial charge in [0.05, 0.1) is 29.0 Å². The van der Waals surface area contributed by atoms with E-state index in [4.69, 9.17) is 21.7 Å². The molecular weight excluding hydrogens is 877 g/mol. The van der Waals surface area contributed by atoms with Crippen LogP contribution in [0, 0.1) is 0 Å². The van der Waals surface area contributed by atoms with Crippen LogP contribution in [0.15, 0.2) is 84.9 Å². The number of piperidine rings is 2. The average molecular weight is 929 g/mol. The number of nitrogens with one attached hydrogen (secondary N) is 2. The Morgan fingerprint density at radius 3 is 1.32 bits per heavy atom. The van der Waals surface area contributed by atoms with Gasteiger partial charge in [-0.2, -0.15) is 0 Å². The summed E-state index contributed by atoms with van der Waals surface area (Å²) in [5, 5.41) is 4.34. The summed E-state index contributed by atoms with van der Waals surface area (Å²) >= 11 is 0. The number of hydrogen-bond acceptors (Lipinski definition) is 12. The molecule has 6 aliphatic heterocycles. The van der Waals surface area contributed by atoms with Crippen LogP contribution in [0.5, 0.6) is 11.5 Å². The molecule has 0 unspecified atom stereocenters. The molecule has 4 fully saturated rings. The van der Waals surface area contributed by atoms with E-state index < -0.39 is 47.5 Å². The van der Waals surface area contributed by atoms with E-state index in [1.807, 2.05) is 48.5 Å². The number of fused-ring (bicyclic) bond motifs is 2. The molecule has 0 aliphatic carbocycles. The monoisotopic (exact) mass is 928 g/mol. The highest BCUT2D eigenvalue weighted by molar-refractivity contribution is 6.06. The third kappa shape index (κ3) is 10.1. The quantitative estimate of drug-likeness (QED) is 0.197. The number of imide groups is 2. The van der Waals surface area contributed by atoms with Crippen molar-refractivity contribution in [3.05, 3.63) is 129 Å². The first-order valence-electron chi connectivity index (χ1n) is 23.4. The number of morpholine rings is 2. The van der Waals surface area contributed by atoms with Gasteiger partial charge in [-0.05, 0) is 59.4 Å². The Kier molecular flexibility index (Phi) is 12.8. The number of carbonyl (C=O) groups is 8. The zero-order valence-corrected chi connectivity index (χ0v) is 37.1. The Morgan fingerprint density at radius 2 is 0.941 bits per heavy atom. The number of ether oxygens (including phenoxy) is 4. The molecule has 352 valence electrons. The van der Waals surface area contributed by atoms with Gasteiger partial charge in [0.25, 0.3) is 11.8 Å². The summed E-state index contributed by atoms with van der Waals surface area (Å²) in [7, 11) is 0. The van der Waals surface area contributed by atoms with Crippen LogP contribution >= 0.6 is 0 Å². The number of carbonyl (C=O) groups excluding carboxylic acids is 8. The van der Waals surface area contributed by atoms with Gasteiger partial charge in [-0.1, -0.05) is 60.7 Å². The molecule has 4 saturated heterocycles. The van der Waals surface area contributed by atoms with Crippen molar-refractivity contribution < 1.29 is 60.0 Å². The predicted molar refractivity (Wildman–Crippen MR) is 239 cm³/mol. The first-order valence-corrected chi connectivity index (χ1v) is 22.4. The highest BCUT2D eigenvalue weighted by Crippen LogP contribution is 2.35. The maximum absolute atomic E-state index is 13.0. The van der Waals surface area contributed by atoms with E-state index >= 15 is 0 Å². The maximum atomic E-state index is 13.0. The molecule has 6 heterocycles. The van der Waals surface area contributed by atoms with Gasteiger partial charge in [-0.25, -0.2) is 0 Å². The second-order valence-corrected chi connectivity index (χ2v) is 16.9. The summed E-state index contributed by atoms with van der Waals surface area (Å²) in [6, 6.07) is 22.1. The van der Waals surface area contributed by atoms with E-state index in [9.17, 15) is 38.4 Å². The number of rotatable bonds is 12. The molecule has 0 radical (unpaired) electrons. The van der Waals surface area contributed by atoms with Crippen LogP contribution < -0.4 is 20.1 Å². The van der Waals surface area contributed by atoms with E-state index in [1.54, 1.807) is 46.2 Å². The van der Waals surface area contributed by atoms with Crippen LogP contribution in [-0.2, 0) is 77.6 Å². The average Bonchev–Trinajstić information content (AvgIpc) is 3.90. The molecule has 0 spiro atoms.